The Morgan fingerprint density at radius 3 is 2.45 bits per heavy atom. The second kappa shape index (κ2) is 3.46. The molecule has 0 aromatic heterocycles. The normalized spacial score (nSPS) is 40.9. The Morgan fingerprint density at radius 1 is 1.45 bits per heavy atom. The van der Waals surface area contributed by atoms with Crippen molar-refractivity contribution in [2.24, 2.45) is 0 Å². The lowest BCUT2D eigenvalue weighted by Gasteiger charge is -2.19. The molecule has 0 spiro atoms. The van der Waals surface area contributed by atoms with E-state index in [4.69, 9.17) is 15.3 Å². The van der Waals surface area contributed by atoms with Crippen molar-refractivity contribution in [3.8, 4) is 0 Å². The number of nitrogens with one attached hydrogen (secondary N) is 1. The third kappa shape index (κ3) is 1.69. The quantitative estimate of drug-likeness (QED) is 0.300. The Bertz CT molecular complexity index is 132. The maximum atomic E-state index is 9.18. The number of β-amino-alcohol motifs (C(OH)–C–C–N with tert-alkyl or cyclic N) is 1. The van der Waals surface area contributed by atoms with Gasteiger partial charge >= 0.3 is 0 Å². The van der Waals surface area contributed by atoms with Crippen LogP contribution in [0.1, 0.15) is 0 Å². The zero-order valence-electron chi connectivity index (χ0n) is 6.01. The van der Waals surface area contributed by atoms with E-state index >= 15 is 0 Å². The number of rotatable bonds is 2. The molecule has 1 heterocycles. The molecule has 5 N–H and O–H groups in total. The summed E-state index contributed by atoms with van der Waals surface area (Å²) in [5, 5.41) is 38.5. The minimum absolute atomic E-state index is 0.253. The van der Waals surface area contributed by atoms with E-state index in [2.05, 4.69) is 5.32 Å². The number of hydrogen-bond donors (Lipinski definition) is 5. The Morgan fingerprint density at radius 2 is 2.09 bits per heavy atom. The second-order valence-corrected chi connectivity index (χ2v) is 2.74. The van der Waals surface area contributed by atoms with Gasteiger partial charge in [0.1, 0.15) is 0 Å². The minimum Gasteiger partial charge on any atom is -0.394 e. The molecule has 0 amide bonds. The summed E-state index contributed by atoms with van der Waals surface area (Å²) < 4.78 is 0. The van der Waals surface area contributed by atoms with Crippen LogP contribution in [0.4, 0.5) is 0 Å². The van der Waals surface area contributed by atoms with Crippen molar-refractivity contribution < 1.29 is 20.4 Å². The van der Waals surface area contributed by atoms with Crippen LogP contribution in [0.3, 0.4) is 0 Å². The highest BCUT2D eigenvalue weighted by atomic mass is 16.3. The van der Waals surface area contributed by atoms with Crippen molar-refractivity contribution in [2.45, 2.75) is 24.4 Å². The Balaban J connectivity index is 2.47. The summed E-state index contributed by atoms with van der Waals surface area (Å²) in [6, 6.07) is -0.616. The van der Waals surface area contributed by atoms with Crippen molar-refractivity contribution in [2.75, 3.05) is 13.2 Å². The van der Waals surface area contributed by atoms with Gasteiger partial charge in [0.05, 0.1) is 31.0 Å². The van der Waals surface area contributed by atoms with Gasteiger partial charge < -0.3 is 25.7 Å². The van der Waals surface area contributed by atoms with Crippen molar-refractivity contribution in [1.29, 1.82) is 0 Å². The molecule has 1 saturated heterocycles. The molecule has 0 radical (unpaired) electrons. The van der Waals surface area contributed by atoms with Crippen LogP contribution < -0.4 is 5.32 Å². The van der Waals surface area contributed by atoms with E-state index in [1.807, 2.05) is 0 Å². The SMILES string of the molecule is OC[C@@H](O)C1NCC(O)C1O. The van der Waals surface area contributed by atoms with Crippen molar-refractivity contribution in [3.63, 3.8) is 0 Å². The number of hydrogen-bond acceptors (Lipinski definition) is 5. The fraction of sp³-hybridized carbons (Fsp3) is 1.00. The van der Waals surface area contributed by atoms with E-state index in [0.29, 0.717) is 0 Å². The number of aliphatic hydroxyl groups is 4. The molecular weight excluding hydrogens is 150 g/mol. The lowest BCUT2D eigenvalue weighted by molar-refractivity contribution is -0.00977. The fourth-order valence-corrected chi connectivity index (χ4v) is 1.21. The maximum absolute atomic E-state index is 9.18. The zero-order chi connectivity index (χ0) is 8.43. The Hall–Kier alpha value is -0.200. The highest BCUT2D eigenvalue weighted by molar-refractivity contribution is 4.94. The van der Waals surface area contributed by atoms with Gasteiger partial charge in [0.25, 0.3) is 0 Å². The molecule has 4 atom stereocenters. The van der Waals surface area contributed by atoms with E-state index in [0.717, 1.165) is 0 Å². The largest absolute Gasteiger partial charge is 0.394 e. The van der Waals surface area contributed by atoms with Gasteiger partial charge in [0.15, 0.2) is 0 Å². The average molecular weight is 163 g/mol. The van der Waals surface area contributed by atoms with Gasteiger partial charge in [-0.05, 0) is 0 Å². The third-order valence-electron chi connectivity index (χ3n) is 1.93. The molecule has 3 unspecified atom stereocenters. The topological polar surface area (TPSA) is 93.0 Å². The fourth-order valence-electron chi connectivity index (χ4n) is 1.21. The smallest absolute Gasteiger partial charge is 0.0990 e. The molecule has 0 saturated carbocycles. The highest BCUT2D eigenvalue weighted by Crippen LogP contribution is 2.10. The summed E-state index contributed by atoms with van der Waals surface area (Å²) in [6.45, 7) is -0.162. The molecule has 0 aromatic rings. The van der Waals surface area contributed by atoms with Crippen LogP contribution in [0.25, 0.3) is 0 Å². The van der Waals surface area contributed by atoms with Gasteiger partial charge in [-0.1, -0.05) is 0 Å². The summed E-state index contributed by atoms with van der Waals surface area (Å²) in [6.07, 6.45) is -2.85. The highest BCUT2D eigenvalue weighted by Gasteiger charge is 2.36. The Labute approximate surface area is 64.3 Å². The van der Waals surface area contributed by atoms with Gasteiger partial charge in [-0.25, -0.2) is 0 Å². The van der Waals surface area contributed by atoms with Gasteiger partial charge in [-0.2, -0.15) is 0 Å². The average Bonchev–Trinajstić information content (AvgIpc) is 2.32. The molecule has 0 aliphatic carbocycles. The number of aliphatic hydroxyl groups excluding tert-OH is 4. The molecule has 1 rings (SSSR count). The van der Waals surface area contributed by atoms with E-state index in [-0.39, 0.29) is 6.54 Å². The monoisotopic (exact) mass is 163 g/mol. The summed E-state index contributed by atoms with van der Waals surface area (Å²) in [5.74, 6) is 0. The van der Waals surface area contributed by atoms with Crippen molar-refractivity contribution >= 4 is 0 Å². The molecule has 1 aliphatic heterocycles. The molecule has 5 heteroatoms. The first-order valence-electron chi connectivity index (χ1n) is 3.55. The van der Waals surface area contributed by atoms with E-state index < -0.39 is 31.0 Å². The van der Waals surface area contributed by atoms with Gasteiger partial charge in [0, 0.05) is 6.54 Å². The molecule has 1 aliphatic rings. The summed E-state index contributed by atoms with van der Waals surface area (Å²) in [7, 11) is 0. The summed E-state index contributed by atoms with van der Waals surface area (Å²) >= 11 is 0. The van der Waals surface area contributed by atoms with E-state index in [1.54, 1.807) is 0 Å². The van der Waals surface area contributed by atoms with Crippen LogP contribution in [0.2, 0.25) is 0 Å². The maximum Gasteiger partial charge on any atom is 0.0990 e. The third-order valence-corrected chi connectivity index (χ3v) is 1.93. The first kappa shape index (κ1) is 8.89. The van der Waals surface area contributed by atoms with E-state index in [1.165, 1.54) is 0 Å². The summed E-state index contributed by atoms with van der Waals surface area (Å²) in [4.78, 5) is 0. The molecule has 0 aromatic carbocycles. The summed E-state index contributed by atoms with van der Waals surface area (Å²) in [5.41, 5.74) is 0. The van der Waals surface area contributed by atoms with Crippen molar-refractivity contribution in [3.05, 3.63) is 0 Å². The molecule has 66 valence electrons. The van der Waals surface area contributed by atoms with Gasteiger partial charge in [0.2, 0.25) is 0 Å². The second-order valence-electron chi connectivity index (χ2n) is 2.74. The first-order chi connectivity index (χ1) is 5.16. The van der Waals surface area contributed by atoms with Crippen molar-refractivity contribution in [1.82, 2.24) is 5.32 Å². The van der Waals surface area contributed by atoms with Crippen LogP contribution in [0.5, 0.6) is 0 Å². The minimum atomic E-state index is -1.01. The lowest BCUT2D eigenvalue weighted by atomic mass is 10.1. The Kier molecular flexibility index (Phi) is 2.80. The predicted octanol–water partition coefficient (Wildman–Crippen LogP) is -2.97. The predicted molar refractivity (Wildman–Crippen MR) is 36.9 cm³/mol. The van der Waals surface area contributed by atoms with E-state index in [9.17, 15) is 5.11 Å². The zero-order valence-corrected chi connectivity index (χ0v) is 6.01. The standard InChI is InChI=1S/C6H13NO4/c8-2-4(10)5-6(11)3(9)1-7-5/h3-11H,1-2H2/t3?,4-,5?,6?/m1/s1. The van der Waals surface area contributed by atoms with Gasteiger partial charge in [-0.15, -0.1) is 0 Å². The molecule has 0 bridgehead atoms. The van der Waals surface area contributed by atoms with Crippen LogP contribution in [0.15, 0.2) is 0 Å². The van der Waals surface area contributed by atoms with Crippen LogP contribution in [-0.2, 0) is 0 Å². The first-order valence-corrected chi connectivity index (χ1v) is 3.55. The van der Waals surface area contributed by atoms with Gasteiger partial charge in [-0.3, -0.25) is 0 Å². The van der Waals surface area contributed by atoms with Crippen LogP contribution in [0, 0.1) is 0 Å². The molecule has 1 fully saturated rings. The molecule has 11 heavy (non-hydrogen) atoms. The molecule has 5 nitrogen and oxygen atoms in total. The lowest BCUT2D eigenvalue weighted by Crippen LogP contribution is -2.44. The van der Waals surface area contributed by atoms with Crippen LogP contribution >= 0.6 is 0 Å². The van der Waals surface area contributed by atoms with Crippen LogP contribution in [-0.4, -0.2) is 57.9 Å². The molecular formula is C6H13NO4.